The molecule has 0 aromatic rings. The van der Waals surface area contributed by atoms with Crippen molar-refractivity contribution in [2.24, 2.45) is 5.73 Å². The van der Waals surface area contributed by atoms with Gasteiger partial charge in [0, 0.05) is 6.54 Å². The van der Waals surface area contributed by atoms with Crippen LogP contribution in [-0.4, -0.2) is 17.8 Å². The Labute approximate surface area is 31.6 Å². The van der Waals surface area contributed by atoms with Crippen molar-refractivity contribution in [2.75, 3.05) is 6.54 Å². The summed E-state index contributed by atoms with van der Waals surface area (Å²) < 4.78 is 0. The van der Waals surface area contributed by atoms with Gasteiger partial charge < -0.3 is 10.8 Å². The lowest BCUT2D eigenvalue weighted by atomic mass is 10.4. The zero-order chi connectivity index (χ0) is 4.28. The molecule has 0 aliphatic rings. The second-order valence-corrected chi connectivity index (χ2v) is 0.890. The van der Waals surface area contributed by atoms with E-state index in [2.05, 4.69) is 6.92 Å². The highest BCUT2D eigenvalue weighted by Gasteiger charge is 1.82. The molecule has 0 rings (SSSR count). The maximum Gasteiger partial charge on any atom is 0.0663 e. The van der Waals surface area contributed by atoms with Gasteiger partial charge in [-0.2, -0.15) is 0 Å². The predicted molar refractivity (Wildman–Crippen MR) is 20.4 cm³/mol. The zero-order valence-electron chi connectivity index (χ0n) is 3.02. The predicted octanol–water partition coefficient (Wildman–Crippen LogP) is -0.860. The summed E-state index contributed by atoms with van der Waals surface area (Å²) in [5, 5.41) is 8.12. The molecule has 2 nitrogen and oxygen atoms in total. The van der Waals surface area contributed by atoms with E-state index in [1.54, 1.807) is 0 Å². The van der Waals surface area contributed by atoms with Crippen LogP contribution in [0.25, 0.3) is 0 Å². The lowest BCUT2D eigenvalue weighted by Crippen LogP contribution is -2.14. The zero-order valence-corrected chi connectivity index (χ0v) is 3.02. The number of nitrogens with two attached hydrogens (primary N) is 1. The fourth-order valence-electron chi connectivity index (χ4n) is 0. The van der Waals surface area contributed by atoms with Gasteiger partial charge in [-0.05, 0) is 6.92 Å². The fourth-order valence-corrected chi connectivity index (χ4v) is 0. The quantitative estimate of drug-likeness (QED) is 0.425. The Morgan fingerprint density at radius 1 is 2.00 bits per heavy atom. The van der Waals surface area contributed by atoms with Crippen LogP contribution in [0.3, 0.4) is 0 Å². The fraction of sp³-hybridized carbons (Fsp3) is 0.667. The van der Waals surface area contributed by atoms with E-state index in [4.69, 9.17) is 10.8 Å². The van der Waals surface area contributed by atoms with Crippen LogP contribution >= 0.6 is 0 Å². The first-order valence-corrected chi connectivity index (χ1v) is 1.48. The minimum atomic E-state index is -0.588. The third-order valence-corrected chi connectivity index (χ3v) is 0.272. The molecule has 0 heterocycles. The largest absolute Gasteiger partial charge is 0.392 e. The van der Waals surface area contributed by atoms with E-state index in [9.17, 15) is 0 Å². The van der Waals surface area contributed by atoms with E-state index in [1.165, 1.54) is 0 Å². The maximum atomic E-state index is 8.12. The summed E-state index contributed by atoms with van der Waals surface area (Å²) in [5.41, 5.74) is 4.86. The van der Waals surface area contributed by atoms with Crippen molar-refractivity contribution in [3.63, 3.8) is 0 Å². The maximum absolute atomic E-state index is 8.12. The highest BCUT2D eigenvalue weighted by molar-refractivity contribution is 4.53. The van der Waals surface area contributed by atoms with Crippen LogP contribution in [0.2, 0.25) is 0 Å². The summed E-state index contributed by atoms with van der Waals surface area (Å²) in [6, 6.07) is 0. The van der Waals surface area contributed by atoms with Crippen LogP contribution in [0, 0.1) is 6.92 Å². The molecular weight excluding hydrogens is 66.0 g/mol. The van der Waals surface area contributed by atoms with E-state index in [0.29, 0.717) is 0 Å². The molecule has 0 aromatic carbocycles. The van der Waals surface area contributed by atoms with E-state index in [-0.39, 0.29) is 6.54 Å². The number of hydrogen-bond donors (Lipinski definition) is 2. The summed E-state index contributed by atoms with van der Waals surface area (Å²) in [5.74, 6) is 0. The lowest BCUT2D eigenvalue weighted by molar-refractivity contribution is 0.229. The highest BCUT2D eigenvalue weighted by atomic mass is 16.3. The standard InChI is InChI=1S/C3H8NO/c1-3(5)2-4/h3,5H,1-2,4H2. The van der Waals surface area contributed by atoms with Gasteiger partial charge in [-0.15, -0.1) is 0 Å². The summed E-state index contributed by atoms with van der Waals surface area (Å²) >= 11 is 0. The SMILES string of the molecule is [CH2]C(O)CN. The minimum Gasteiger partial charge on any atom is -0.392 e. The van der Waals surface area contributed by atoms with Gasteiger partial charge in [0.05, 0.1) is 6.10 Å². The molecular formula is C3H8NO. The monoisotopic (exact) mass is 74.1 g/mol. The Morgan fingerprint density at radius 2 is 2.20 bits per heavy atom. The Bertz CT molecular complexity index is 20.9. The molecule has 0 saturated carbocycles. The number of rotatable bonds is 1. The molecule has 0 amide bonds. The molecule has 0 bridgehead atoms. The summed E-state index contributed by atoms with van der Waals surface area (Å²) in [4.78, 5) is 0. The van der Waals surface area contributed by atoms with Crippen LogP contribution in [-0.2, 0) is 0 Å². The molecule has 0 spiro atoms. The topological polar surface area (TPSA) is 46.2 Å². The summed E-state index contributed by atoms with van der Waals surface area (Å²) in [6.45, 7) is 3.44. The first-order valence-electron chi connectivity index (χ1n) is 1.48. The van der Waals surface area contributed by atoms with Gasteiger partial charge in [0.2, 0.25) is 0 Å². The molecule has 5 heavy (non-hydrogen) atoms. The Kier molecular flexibility index (Phi) is 2.14. The van der Waals surface area contributed by atoms with Gasteiger partial charge in [0.1, 0.15) is 0 Å². The molecule has 1 atom stereocenters. The average molecular weight is 74.1 g/mol. The Hall–Kier alpha value is -0.0800. The first-order chi connectivity index (χ1) is 2.27. The summed E-state index contributed by atoms with van der Waals surface area (Å²) in [6.07, 6.45) is -0.588. The van der Waals surface area contributed by atoms with Gasteiger partial charge >= 0.3 is 0 Å². The molecule has 1 radical (unpaired) electrons. The van der Waals surface area contributed by atoms with Crippen molar-refractivity contribution in [3.8, 4) is 0 Å². The summed E-state index contributed by atoms with van der Waals surface area (Å²) in [7, 11) is 0. The van der Waals surface area contributed by atoms with Crippen LogP contribution in [0.5, 0.6) is 0 Å². The smallest absolute Gasteiger partial charge is 0.0663 e. The van der Waals surface area contributed by atoms with Gasteiger partial charge in [-0.3, -0.25) is 0 Å². The van der Waals surface area contributed by atoms with E-state index in [1.807, 2.05) is 0 Å². The normalized spacial score (nSPS) is 15.0. The molecule has 0 aliphatic heterocycles. The third-order valence-electron chi connectivity index (χ3n) is 0.272. The van der Waals surface area contributed by atoms with Crippen molar-refractivity contribution in [3.05, 3.63) is 6.92 Å². The van der Waals surface area contributed by atoms with Crippen molar-refractivity contribution in [2.45, 2.75) is 6.10 Å². The van der Waals surface area contributed by atoms with Crippen molar-refractivity contribution >= 4 is 0 Å². The first kappa shape index (κ1) is 4.92. The third kappa shape index (κ3) is 3.92. The molecule has 0 aromatic heterocycles. The Morgan fingerprint density at radius 3 is 2.20 bits per heavy atom. The molecule has 2 heteroatoms. The second kappa shape index (κ2) is 2.18. The van der Waals surface area contributed by atoms with Crippen LogP contribution in [0.15, 0.2) is 0 Å². The van der Waals surface area contributed by atoms with Crippen LogP contribution in [0.4, 0.5) is 0 Å². The van der Waals surface area contributed by atoms with Crippen LogP contribution < -0.4 is 5.73 Å². The average Bonchev–Trinajstić information content (AvgIpc) is 1.38. The minimum absolute atomic E-state index is 0.250. The highest BCUT2D eigenvalue weighted by Crippen LogP contribution is 1.64. The lowest BCUT2D eigenvalue weighted by Gasteiger charge is -1.90. The number of aliphatic hydroxyl groups excluding tert-OH is 1. The molecule has 1 unspecified atom stereocenters. The molecule has 3 N–H and O–H groups in total. The second-order valence-electron chi connectivity index (χ2n) is 0.890. The molecule has 0 aliphatic carbocycles. The molecule has 0 saturated heterocycles. The van der Waals surface area contributed by atoms with E-state index < -0.39 is 6.10 Å². The van der Waals surface area contributed by atoms with Crippen molar-refractivity contribution < 1.29 is 5.11 Å². The van der Waals surface area contributed by atoms with E-state index >= 15 is 0 Å². The van der Waals surface area contributed by atoms with Gasteiger partial charge in [-0.1, -0.05) is 0 Å². The number of aliphatic hydroxyl groups is 1. The molecule has 31 valence electrons. The van der Waals surface area contributed by atoms with Crippen LogP contribution in [0.1, 0.15) is 0 Å². The van der Waals surface area contributed by atoms with Gasteiger partial charge in [-0.25, -0.2) is 0 Å². The van der Waals surface area contributed by atoms with Gasteiger partial charge in [0.15, 0.2) is 0 Å². The van der Waals surface area contributed by atoms with Crippen molar-refractivity contribution in [1.29, 1.82) is 0 Å². The molecule has 0 fully saturated rings. The van der Waals surface area contributed by atoms with Crippen molar-refractivity contribution in [1.82, 2.24) is 0 Å². The Balaban J connectivity index is 2.54. The number of hydrogen-bond acceptors (Lipinski definition) is 2. The van der Waals surface area contributed by atoms with E-state index in [0.717, 1.165) is 0 Å². The van der Waals surface area contributed by atoms with Gasteiger partial charge in [0.25, 0.3) is 0 Å².